The molecule has 3 heterocycles. The molecule has 2 aliphatic carbocycles. The lowest BCUT2D eigenvalue weighted by Gasteiger charge is -2.43. The first kappa shape index (κ1) is 24.2. The summed E-state index contributed by atoms with van der Waals surface area (Å²) >= 11 is 3.03. The second kappa shape index (κ2) is 8.33. The van der Waals surface area contributed by atoms with Crippen LogP contribution in [0.2, 0.25) is 0 Å². The number of rotatable bonds is 3. The van der Waals surface area contributed by atoms with Gasteiger partial charge in [0.2, 0.25) is 11.8 Å². The van der Waals surface area contributed by atoms with Crippen LogP contribution in [0.4, 0.5) is 5.69 Å². The molecule has 0 radical (unpaired) electrons. The fourth-order valence-electron chi connectivity index (χ4n) is 7.57. The number of carbonyl (C=O) groups excluding carboxylic acids is 2. The number of imide groups is 1. The molecule has 3 aromatic rings. The van der Waals surface area contributed by atoms with Crippen LogP contribution in [0.5, 0.6) is 5.75 Å². The molecule has 2 aliphatic heterocycles. The van der Waals surface area contributed by atoms with E-state index < -0.39 is 0 Å². The van der Waals surface area contributed by atoms with Gasteiger partial charge in [0.15, 0.2) is 0 Å². The summed E-state index contributed by atoms with van der Waals surface area (Å²) in [6, 6.07) is 16.0. The van der Waals surface area contributed by atoms with Crippen LogP contribution in [0.25, 0.3) is 0 Å². The minimum Gasteiger partial charge on any atom is -0.497 e. The van der Waals surface area contributed by atoms with E-state index in [2.05, 4.69) is 50.0 Å². The molecule has 2 amide bonds. The number of ether oxygens (including phenoxy) is 1. The molecule has 8 heteroatoms. The van der Waals surface area contributed by atoms with Gasteiger partial charge in [-0.15, -0.1) is 11.8 Å². The van der Waals surface area contributed by atoms with Gasteiger partial charge < -0.3 is 9.72 Å². The quantitative estimate of drug-likeness (QED) is 0.444. The Morgan fingerprint density at radius 1 is 0.921 bits per heavy atom. The smallest absolute Gasteiger partial charge is 0.305 e. The number of hydrogen-bond donors (Lipinski definition) is 1. The second-order valence-electron chi connectivity index (χ2n) is 12.0. The number of benzene rings is 2. The molecule has 2 saturated carbocycles. The summed E-state index contributed by atoms with van der Waals surface area (Å²) < 4.78 is 5.26. The van der Waals surface area contributed by atoms with Gasteiger partial charge in [0.05, 0.1) is 29.7 Å². The first-order valence-electron chi connectivity index (χ1n) is 13.2. The van der Waals surface area contributed by atoms with Crippen LogP contribution in [0.3, 0.4) is 0 Å². The van der Waals surface area contributed by atoms with E-state index in [1.54, 1.807) is 43.1 Å². The van der Waals surface area contributed by atoms with E-state index in [1.165, 1.54) is 27.4 Å². The third kappa shape index (κ3) is 3.35. The number of carbonyl (C=O) groups is 2. The van der Waals surface area contributed by atoms with Crippen LogP contribution in [0.1, 0.15) is 49.1 Å². The van der Waals surface area contributed by atoms with Crippen molar-refractivity contribution in [2.24, 2.45) is 29.6 Å². The maximum Gasteiger partial charge on any atom is 0.305 e. The number of thiazole rings is 1. The number of anilines is 1. The summed E-state index contributed by atoms with van der Waals surface area (Å²) in [5.74, 6) is 0.428. The summed E-state index contributed by atoms with van der Waals surface area (Å²) in [6.45, 7) is 6.62. The Balaban J connectivity index is 1.29. The maximum atomic E-state index is 13.9. The van der Waals surface area contributed by atoms with Gasteiger partial charge in [-0.2, -0.15) is 0 Å². The predicted octanol–water partition coefficient (Wildman–Crippen LogP) is 5.42. The van der Waals surface area contributed by atoms with Crippen LogP contribution in [0, 0.1) is 29.6 Å². The molecule has 1 aromatic heterocycles. The number of H-pyrrole nitrogens is 1. The molecule has 7 rings (SSSR count). The maximum absolute atomic E-state index is 13.9. The minimum absolute atomic E-state index is 0.0378. The third-order valence-electron chi connectivity index (χ3n) is 9.19. The molecule has 3 fully saturated rings. The minimum atomic E-state index is -0.301. The zero-order valence-corrected chi connectivity index (χ0v) is 23.4. The van der Waals surface area contributed by atoms with E-state index in [0.29, 0.717) is 11.4 Å². The number of hydrogen-bond acceptors (Lipinski definition) is 6. The van der Waals surface area contributed by atoms with E-state index in [9.17, 15) is 14.4 Å². The van der Waals surface area contributed by atoms with Crippen LogP contribution in [-0.4, -0.2) is 29.2 Å². The van der Waals surface area contributed by atoms with Crippen molar-refractivity contribution in [2.75, 3.05) is 12.0 Å². The number of aromatic amines is 1. The van der Waals surface area contributed by atoms with E-state index in [1.807, 2.05) is 0 Å². The number of nitrogens with one attached hydrogen (secondary N) is 1. The van der Waals surface area contributed by atoms with E-state index in [0.717, 1.165) is 16.3 Å². The fourth-order valence-corrected chi connectivity index (χ4v) is 10.5. The van der Waals surface area contributed by atoms with Gasteiger partial charge in [-0.05, 0) is 65.0 Å². The summed E-state index contributed by atoms with van der Waals surface area (Å²) in [6.07, 6.45) is 0.890. The zero-order chi connectivity index (χ0) is 26.5. The van der Waals surface area contributed by atoms with E-state index in [-0.39, 0.29) is 62.9 Å². The van der Waals surface area contributed by atoms with E-state index in [4.69, 9.17) is 4.74 Å². The van der Waals surface area contributed by atoms with E-state index >= 15 is 0 Å². The van der Waals surface area contributed by atoms with Crippen LogP contribution in [0.15, 0.2) is 58.4 Å². The molecular weight excluding hydrogens is 516 g/mol. The molecule has 0 spiro atoms. The Morgan fingerprint density at radius 2 is 1.58 bits per heavy atom. The Kier molecular flexibility index (Phi) is 5.31. The van der Waals surface area contributed by atoms with Gasteiger partial charge in [0, 0.05) is 16.0 Å². The van der Waals surface area contributed by atoms with Crippen molar-refractivity contribution < 1.29 is 14.3 Å². The van der Waals surface area contributed by atoms with Crippen molar-refractivity contribution in [1.29, 1.82) is 0 Å². The summed E-state index contributed by atoms with van der Waals surface area (Å²) in [5, 5.41) is 1.14. The molecule has 2 bridgehead atoms. The molecule has 38 heavy (non-hydrogen) atoms. The fraction of sp³-hybridized carbons (Fsp3) is 0.433. The molecule has 4 aliphatic rings. The van der Waals surface area contributed by atoms with Gasteiger partial charge in [0.25, 0.3) is 0 Å². The lowest BCUT2D eigenvalue weighted by Crippen LogP contribution is -2.42. The molecule has 7 atom stereocenters. The third-order valence-corrected chi connectivity index (χ3v) is 11.8. The molecule has 6 nitrogen and oxygen atoms in total. The highest BCUT2D eigenvalue weighted by molar-refractivity contribution is 8.00. The molecule has 2 aromatic carbocycles. The van der Waals surface area contributed by atoms with Gasteiger partial charge in [-0.25, -0.2) is 0 Å². The lowest BCUT2D eigenvalue weighted by molar-refractivity contribution is -0.123. The lowest BCUT2D eigenvalue weighted by atomic mass is 9.68. The molecular formula is C30H30N2O4S2. The Bertz CT molecular complexity index is 1500. The molecule has 1 N–H and O–H groups in total. The highest BCUT2D eigenvalue weighted by Crippen LogP contribution is 2.68. The molecule has 196 valence electrons. The first-order valence-corrected chi connectivity index (χ1v) is 14.9. The van der Waals surface area contributed by atoms with Crippen LogP contribution in [-0.2, 0) is 15.0 Å². The van der Waals surface area contributed by atoms with Gasteiger partial charge in [-0.1, -0.05) is 56.4 Å². The first-order chi connectivity index (χ1) is 18.2. The highest BCUT2D eigenvalue weighted by Gasteiger charge is 2.69. The molecule has 1 saturated heterocycles. The van der Waals surface area contributed by atoms with Gasteiger partial charge in [0.1, 0.15) is 5.75 Å². The number of amides is 2. The van der Waals surface area contributed by atoms with Crippen molar-refractivity contribution in [3.05, 3.63) is 74.2 Å². The number of thioether (sulfide) groups is 1. The average Bonchev–Trinajstić information content (AvgIpc) is 3.62. The monoisotopic (exact) mass is 546 g/mol. The SMILES string of the molecule is COc1ccc(N2C(=O)[C@@H]3[C@H]4C[C@@H]([C@@H]3C2=O)[C@@H]2[C@@H](c3ccc(C(C)(C)C)cc3)c3sc(=O)[nH]c3S[C@H]42)cc1. The summed E-state index contributed by atoms with van der Waals surface area (Å²) in [4.78, 5) is 45.7. The average molecular weight is 547 g/mol. The van der Waals surface area contributed by atoms with Crippen LogP contribution < -0.4 is 14.5 Å². The Morgan fingerprint density at radius 3 is 2.21 bits per heavy atom. The largest absolute Gasteiger partial charge is 0.497 e. The Labute approximate surface area is 229 Å². The number of aromatic nitrogens is 1. The second-order valence-corrected chi connectivity index (χ2v) is 14.2. The number of fused-ring (bicyclic) bond motifs is 9. The van der Waals surface area contributed by atoms with Gasteiger partial charge >= 0.3 is 4.87 Å². The van der Waals surface area contributed by atoms with Crippen molar-refractivity contribution in [3.8, 4) is 5.75 Å². The van der Waals surface area contributed by atoms with Crippen molar-refractivity contribution >= 4 is 40.6 Å². The summed E-state index contributed by atoms with van der Waals surface area (Å²) in [7, 11) is 1.60. The zero-order valence-electron chi connectivity index (χ0n) is 21.8. The predicted molar refractivity (Wildman–Crippen MR) is 149 cm³/mol. The van der Waals surface area contributed by atoms with Crippen molar-refractivity contribution in [3.63, 3.8) is 0 Å². The van der Waals surface area contributed by atoms with Gasteiger partial charge in [-0.3, -0.25) is 19.3 Å². The standard InChI is InChI=1S/C30H30N2O4S2/c1-30(2,3)15-7-5-14(6-8-15)20-21-18-13-19(24(21)37-26-25(20)38-29(35)31-26)23-22(18)27(33)32(28(23)34)16-9-11-17(36-4)12-10-16/h5-12,18-24H,13H2,1-4H3,(H,31,35)/t18-,19-,20-,21-,22+,23-,24-/m1/s1. The normalized spacial score (nSPS) is 31.4. The topological polar surface area (TPSA) is 79.5 Å². The van der Waals surface area contributed by atoms with Crippen LogP contribution >= 0.6 is 23.1 Å². The number of nitrogens with zero attached hydrogens (tertiary/aromatic N) is 1. The van der Waals surface area contributed by atoms with Crippen molar-refractivity contribution in [1.82, 2.24) is 4.98 Å². The molecule has 0 unspecified atom stereocenters. The Hall–Kier alpha value is -2.84. The number of methoxy groups -OCH3 is 1. The summed E-state index contributed by atoms with van der Waals surface area (Å²) in [5.41, 5.74) is 3.13. The van der Waals surface area contributed by atoms with Crippen molar-refractivity contribution in [2.45, 2.75) is 48.8 Å². The highest BCUT2D eigenvalue weighted by atomic mass is 32.2.